The third-order valence-corrected chi connectivity index (χ3v) is 8.58. The highest BCUT2D eigenvalue weighted by Crippen LogP contribution is 2.29. The third kappa shape index (κ3) is 6.00. The molecule has 0 bridgehead atoms. The van der Waals surface area contributed by atoms with Crippen molar-refractivity contribution in [2.45, 2.75) is 42.6 Å². The van der Waals surface area contributed by atoms with Gasteiger partial charge in [-0.25, -0.2) is 13.4 Å². The van der Waals surface area contributed by atoms with Gasteiger partial charge in [-0.15, -0.1) is 11.3 Å². The van der Waals surface area contributed by atoms with Gasteiger partial charge in [-0.1, -0.05) is 24.3 Å². The fourth-order valence-electron chi connectivity index (χ4n) is 3.74. The van der Waals surface area contributed by atoms with Gasteiger partial charge >= 0.3 is 6.18 Å². The highest BCUT2D eigenvalue weighted by Gasteiger charge is 2.40. The van der Waals surface area contributed by atoms with Crippen molar-refractivity contribution in [3.63, 3.8) is 0 Å². The van der Waals surface area contributed by atoms with Gasteiger partial charge in [0.2, 0.25) is 10.2 Å². The maximum absolute atomic E-state index is 12.8. The zero-order valence-electron chi connectivity index (χ0n) is 18.4. The molecule has 0 unspecified atom stereocenters. The average molecular weight is 526 g/mol. The molecule has 0 radical (unpaired) electrons. The van der Waals surface area contributed by atoms with Gasteiger partial charge in [0, 0.05) is 24.7 Å². The number of carbonyl (C=O) groups is 1. The van der Waals surface area contributed by atoms with Crippen LogP contribution in [0.1, 0.15) is 29.5 Å². The van der Waals surface area contributed by atoms with Crippen LogP contribution in [-0.2, 0) is 34.1 Å². The molecular weight excluding hydrogens is 503 g/mol. The molecule has 1 saturated heterocycles. The van der Waals surface area contributed by atoms with Gasteiger partial charge in [-0.3, -0.25) is 4.79 Å². The van der Waals surface area contributed by atoms with Crippen LogP contribution in [0.15, 0.2) is 64.4 Å². The number of alkyl halides is 3. The summed E-state index contributed by atoms with van der Waals surface area (Å²) >= 11 is 1.01. The van der Waals surface area contributed by atoms with Gasteiger partial charge in [0.1, 0.15) is 18.4 Å². The summed E-state index contributed by atoms with van der Waals surface area (Å²) in [5.74, 6) is 0.101. The number of nitrogens with zero attached hydrogens (tertiary/aromatic N) is 2. The van der Waals surface area contributed by atoms with Gasteiger partial charge in [0.05, 0.1) is 5.56 Å². The minimum atomic E-state index is -4.39. The van der Waals surface area contributed by atoms with Gasteiger partial charge in [0.15, 0.2) is 0 Å². The SMILES string of the molecule is O=C(NCc1cccc(OCc2ccc(C(F)(F)F)cc2)c1)[C@@H]1CCCN1S(=O)(=O)c1nccs1. The van der Waals surface area contributed by atoms with Gasteiger partial charge in [-0.2, -0.15) is 17.5 Å². The third-order valence-electron chi connectivity index (χ3n) is 5.50. The van der Waals surface area contributed by atoms with Crippen LogP contribution in [0, 0.1) is 0 Å². The summed E-state index contributed by atoms with van der Waals surface area (Å²) in [7, 11) is -3.83. The summed E-state index contributed by atoms with van der Waals surface area (Å²) < 4.78 is 70.5. The lowest BCUT2D eigenvalue weighted by Gasteiger charge is -2.22. The average Bonchev–Trinajstić information content (AvgIpc) is 3.54. The van der Waals surface area contributed by atoms with Crippen LogP contribution in [-0.4, -0.2) is 36.2 Å². The number of amides is 1. The molecule has 4 rings (SSSR count). The highest BCUT2D eigenvalue weighted by atomic mass is 32.2. The van der Waals surface area contributed by atoms with Crippen molar-refractivity contribution in [2.24, 2.45) is 0 Å². The van der Waals surface area contributed by atoms with E-state index in [1.807, 2.05) is 0 Å². The standard InChI is InChI=1S/C23H22F3N3O4S2/c24-23(25,26)18-8-6-16(7-9-18)15-33-19-4-1-3-17(13-19)14-28-21(30)20-5-2-11-29(20)35(31,32)22-27-10-12-34-22/h1,3-4,6-10,12-13,20H,2,5,11,14-15H2,(H,28,30)/t20-/m0/s1. The normalized spacial score (nSPS) is 16.8. The lowest BCUT2D eigenvalue weighted by atomic mass is 10.1. The Morgan fingerprint density at radius 1 is 1.17 bits per heavy atom. The van der Waals surface area contributed by atoms with Crippen LogP contribution in [0.3, 0.4) is 0 Å². The number of rotatable bonds is 8. The molecule has 35 heavy (non-hydrogen) atoms. The first-order valence-corrected chi connectivity index (χ1v) is 13.0. The first-order valence-electron chi connectivity index (χ1n) is 10.7. The van der Waals surface area contributed by atoms with E-state index >= 15 is 0 Å². The number of nitrogens with one attached hydrogen (secondary N) is 1. The fourth-order valence-corrected chi connectivity index (χ4v) is 6.34. The molecule has 7 nitrogen and oxygen atoms in total. The molecule has 2 aromatic carbocycles. The van der Waals surface area contributed by atoms with Crippen LogP contribution >= 0.6 is 11.3 Å². The molecule has 12 heteroatoms. The number of ether oxygens (including phenoxy) is 1. The van der Waals surface area contributed by atoms with Gasteiger partial charge in [0.25, 0.3) is 10.0 Å². The minimum Gasteiger partial charge on any atom is -0.489 e. The Kier molecular flexibility index (Phi) is 7.43. The maximum atomic E-state index is 12.8. The molecule has 1 amide bonds. The number of sulfonamides is 1. The number of carbonyl (C=O) groups excluding carboxylic acids is 1. The first-order chi connectivity index (χ1) is 16.6. The Labute approximate surface area is 204 Å². The topological polar surface area (TPSA) is 88.6 Å². The molecule has 3 aromatic rings. The summed E-state index contributed by atoms with van der Waals surface area (Å²) in [6.45, 7) is 0.505. The molecule has 2 heterocycles. The molecule has 186 valence electrons. The van der Waals surface area contributed by atoms with Crippen molar-refractivity contribution in [2.75, 3.05) is 6.54 Å². The number of benzene rings is 2. The predicted octanol–water partition coefficient (Wildman–Crippen LogP) is 4.21. The lowest BCUT2D eigenvalue weighted by Crippen LogP contribution is -2.45. The quantitative estimate of drug-likeness (QED) is 0.476. The van der Waals surface area contributed by atoms with E-state index in [0.717, 1.165) is 29.0 Å². The summed E-state index contributed by atoms with van der Waals surface area (Å²) in [6.07, 6.45) is -1.98. The van der Waals surface area contributed by atoms with Crippen molar-refractivity contribution in [3.8, 4) is 5.75 Å². The summed E-state index contributed by atoms with van der Waals surface area (Å²) in [4.78, 5) is 16.7. The van der Waals surface area contributed by atoms with E-state index in [1.165, 1.54) is 22.6 Å². The van der Waals surface area contributed by atoms with Gasteiger partial charge in [-0.05, 0) is 48.2 Å². The maximum Gasteiger partial charge on any atom is 0.416 e. The Morgan fingerprint density at radius 3 is 2.63 bits per heavy atom. The smallest absolute Gasteiger partial charge is 0.416 e. The molecule has 1 aliphatic rings. The van der Waals surface area contributed by atoms with Crippen molar-refractivity contribution in [1.29, 1.82) is 0 Å². The second-order valence-electron chi connectivity index (χ2n) is 7.92. The van der Waals surface area contributed by atoms with Crippen molar-refractivity contribution in [1.82, 2.24) is 14.6 Å². The first kappa shape index (κ1) is 25.1. The second kappa shape index (κ2) is 10.3. The molecule has 1 aromatic heterocycles. The van der Waals surface area contributed by atoms with Crippen LogP contribution in [0.5, 0.6) is 5.75 Å². The van der Waals surface area contributed by atoms with E-state index in [2.05, 4.69) is 10.3 Å². The van der Waals surface area contributed by atoms with E-state index in [4.69, 9.17) is 4.74 Å². The number of halogens is 3. The van der Waals surface area contributed by atoms with E-state index in [-0.39, 0.29) is 24.0 Å². The molecule has 0 spiro atoms. The van der Waals surface area contributed by atoms with Crippen molar-refractivity contribution in [3.05, 3.63) is 76.8 Å². The summed E-state index contributed by atoms with van der Waals surface area (Å²) in [5, 5.41) is 4.36. The summed E-state index contributed by atoms with van der Waals surface area (Å²) in [5.41, 5.74) is 0.592. The zero-order valence-corrected chi connectivity index (χ0v) is 20.0. The van der Waals surface area contributed by atoms with Crippen LogP contribution in [0.4, 0.5) is 13.2 Å². The number of thiazole rings is 1. The second-order valence-corrected chi connectivity index (χ2v) is 10.9. The van der Waals surface area contributed by atoms with Crippen molar-refractivity contribution >= 4 is 27.3 Å². The van der Waals surface area contributed by atoms with Crippen LogP contribution < -0.4 is 10.1 Å². The minimum absolute atomic E-state index is 0.0323. The van der Waals surface area contributed by atoms with Crippen molar-refractivity contribution < 1.29 is 31.1 Å². The largest absolute Gasteiger partial charge is 0.489 e. The Bertz CT molecular complexity index is 1260. The molecule has 1 fully saturated rings. The Hall–Kier alpha value is -2.96. The zero-order chi connectivity index (χ0) is 25.1. The fraction of sp³-hybridized carbons (Fsp3) is 0.304. The van der Waals surface area contributed by atoms with Crippen LogP contribution in [0.2, 0.25) is 0 Å². The van der Waals surface area contributed by atoms with E-state index in [0.29, 0.717) is 24.2 Å². The van der Waals surface area contributed by atoms with E-state index in [1.54, 1.807) is 29.6 Å². The lowest BCUT2D eigenvalue weighted by molar-refractivity contribution is -0.137. The number of hydrogen-bond donors (Lipinski definition) is 1. The predicted molar refractivity (Wildman–Crippen MR) is 123 cm³/mol. The molecule has 0 saturated carbocycles. The molecule has 0 aliphatic carbocycles. The van der Waals surface area contributed by atoms with Gasteiger partial charge < -0.3 is 10.1 Å². The van der Waals surface area contributed by atoms with E-state index < -0.39 is 33.7 Å². The Balaban J connectivity index is 1.33. The Morgan fingerprint density at radius 2 is 1.94 bits per heavy atom. The highest BCUT2D eigenvalue weighted by molar-refractivity contribution is 7.91. The monoisotopic (exact) mass is 525 g/mol. The molecule has 1 N–H and O–H groups in total. The number of aromatic nitrogens is 1. The summed E-state index contributed by atoms with van der Waals surface area (Å²) in [6, 6.07) is 10.9. The molecule has 1 aliphatic heterocycles. The van der Waals surface area contributed by atoms with Crippen LogP contribution in [0.25, 0.3) is 0 Å². The molecule has 1 atom stereocenters. The number of hydrogen-bond acceptors (Lipinski definition) is 6. The molecular formula is C23H22F3N3O4S2. The van der Waals surface area contributed by atoms with E-state index in [9.17, 15) is 26.4 Å².